The predicted octanol–water partition coefficient (Wildman–Crippen LogP) is 17.1. The summed E-state index contributed by atoms with van der Waals surface area (Å²) in [6, 6.07) is -0.615. The predicted molar refractivity (Wildman–Crippen MR) is 258 cm³/mol. The zero-order chi connectivity index (χ0) is 42.1. The normalized spacial score (nSPS) is 13.0. The second-order valence-electron chi connectivity index (χ2n) is 18.3. The summed E-state index contributed by atoms with van der Waals surface area (Å²) in [5.41, 5.74) is 0. The molecular weight excluding hydrogens is 711 g/mol. The lowest BCUT2D eigenvalue weighted by atomic mass is 10.0. The number of rotatable bonds is 49. The van der Waals surface area contributed by atoms with Gasteiger partial charge in [0.05, 0.1) is 18.8 Å². The third-order valence-electron chi connectivity index (χ3n) is 12.4. The molecule has 0 heterocycles. The van der Waals surface area contributed by atoms with E-state index in [1.807, 2.05) is 6.08 Å². The number of aliphatic hydroxyl groups is 2. The van der Waals surface area contributed by atoms with Crippen LogP contribution in [0, 0.1) is 0 Å². The lowest BCUT2D eigenvalue weighted by Gasteiger charge is -2.20. The lowest BCUT2D eigenvalue weighted by molar-refractivity contribution is -0.123. The number of unbranched alkanes of at least 4 members (excludes halogenated alkanes) is 40. The highest BCUT2D eigenvalue weighted by molar-refractivity contribution is 5.76. The summed E-state index contributed by atoms with van der Waals surface area (Å²) in [5.74, 6) is -0.0634. The number of nitrogens with one attached hydrogen (secondary N) is 1. The van der Waals surface area contributed by atoms with Crippen molar-refractivity contribution < 1.29 is 15.0 Å². The first-order valence-corrected chi connectivity index (χ1v) is 26.6. The minimum Gasteiger partial charge on any atom is -0.394 e. The molecule has 0 aromatic heterocycles. The average molecular weight is 816 g/mol. The van der Waals surface area contributed by atoms with Gasteiger partial charge in [-0.2, -0.15) is 0 Å². The van der Waals surface area contributed by atoms with Crippen molar-refractivity contribution in [3.05, 3.63) is 24.3 Å². The Balaban J connectivity index is 3.30. The van der Waals surface area contributed by atoms with Crippen LogP contribution in [0.3, 0.4) is 0 Å². The fourth-order valence-electron chi connectivity index (χ4n) is 8.35. The smallest absolute Gasteiger partial charge is 0.220 e. The van der Waals surface area contributed by atoms with Gasteiger partial charge in [-0.1, -0.05) is 269 Å². The zero-order valence-electron chi connectivity index (χ0n) is 39.6. The van der Waals surface area contributed by atoms with Crippen molar-refractivity contribution in [2.45, 2.75) is 309 Å². The second-order valence-corrected chi connectivity index (χ2v) is 18.3. The van der Waals surface area contributed by atoms with E-state index in [0.29, 0.717) is 6.42 Å². The number of hydrogen-bond donors (Lipinski definition) is 3. The molecule has 4 heteroatoms. The molecule has 0 aromatic carbocycles. The van der Waals surface area contributed by atoms with Gasteiger partial charge in [0.25, 0.3) is 0 Å². The minimum absolute atomic E-state index is 0.0634. The maximum Gasteiger partial charge on any atom is 0.220 e. The van der Waals surface area contributed by atoms with E-state index in [9.17, 15) is 15.0 Å². The van der Waals surface area contributed by atoms with Crippen LogP contribution in [0.1, 0.15) is 296 Å². The Morgan fingerprint density at radius 2 is 0.655 bits per heavy atom. The summed E-state index contributed by atoms with van der Waals surface area (Å²) in [4.78, 5) is 12.3. The molecule has 0 aliphatic rings. The molecule has 4 nitrogen and oxygen atoms in total. The molecular formula is C54H105NO3. The Morgan fingerprint density at radius 1 is 0.397 bits per heavy atom. The molecule has 0 saturated carbocycles. The van der Waals surface area contributed by atoms with Crippen molar-refractivity contribution in [1.82, 2.24) is 5.32 Å². The number of allylic oxidation sites excluding steroid dienone is 3. The Kier molecular flexibility index (Phi) is 49.2. The number of aliphatic hydroxyl groups excluding tert-OH is 2. The molecule has 2 unspecified atom stereocenters. The largest absolute Gasteiger partial charge is 0.394 e. The van der Waals surface area contributed by atoms with Crippen LogP contribution in [0.2, 0.25) is 0 Å². The summed E-state index contributed by atoms with van der Waals surface area (Å²) < 4.78 is 0. The summed E-state index contributed by atoms with van der Waals surface area (Å²) in [6.45, 7) is 4.27. The third-order valence-corrected chi connectivity index (χ3v) is 12.4. The van der Waals surface area contributed by atoms with Crippen molar-refractivity contribution in [2.75, 3.05) is 6.61 Å². The van der Waals surface area contributed by atoms with E-state index in [0.717, 1.165) is 25.7 Å². The summed E-state index contributed by atoms with van der Waals surface area (Å²) in [5, 5.41) is 22.8. The van der Waals surface area contributed by atoms with Gasteiger partial charge < -0.3 is 15.5 Å². The van der Waals surface area contributed by atoms with Gasteiger partial charge in [-0.25, -0.2) is 0 Å². The molecule has 0 aromatic rings. The van der Waals surface area contributed by atoms with Crippen LogP contribution in [0.5, 0.6) is 0 Å². The van der Waals surface area contributed by atoms with Gasteiger partial charge in [0.2, 0.25) is 5.91 Å². The molecule has 0 radical (unpaired) electrons. The average Bonchev–Trinajstić information content (AvgIpc) is 3.23. The lowest BCUT2D eigenvalue weighted by Crippen LogP contribution is -2.45. The van der Waals surface area contributed by atoms with Crippen LogP contribution in [0.4, 0.5) is 0 Å². The quantitative estimate of drug-likeness (QED) is 0.0423. The SMILES string of the molecule is CCCCCCC/C=C/C(O)C(CO)NC(=O)CCCCCCCCCCCCCCCCCCCCCCCCCCCCC/C=C\CCCCCCCCCC. The highest BCUT2D eigenvalue weighted by atomic mass is 16.3. The Hall–Kier alpha value is -1.13. The molecule has 0 aliphatic carbocycles. The molecule has 0 rings (SSSR count). The van der Waals surface area contributed by atoms with Crippen LogP contribution in [0.15, 0.2) is 24.3 Å². The third kappa shape index (κ3) is 45.9. The maximum atomic E-state index is 12.3. The monoisotopic (exact) mass is 816 g/mol. The fraction of sp³-hybridized carbons (Fsp3) is 0.907. The number of carbonyl (C=O) groups is 1. The topological polar surface area (TPSA) is 69.6 Å². The molecule has 0 aliphatic heterocycles. The van der Waals surface area contributed by atoms with Crippen LogP contribution in [-0.2, 0) is 4.79 Å². The first kappa shape index (κ1) is 56.9. The molecule has 2 atom stereocenters. The van der Waals surface area contributed by atoms with E-state index in [4.69, 9.17) is 0 Å². The number of hydrogen-bond acceptors (Lipinski definition) is 3. The molecule has 0 fully saturated rings. The molecule has 0 spiro atoms. The highest BCUT2D eigenvalue weighted by Gasteiger charge is 2.18. The van der Waals surface area contributed by atoms with Crippen molar-refractivity contribution >= 4 is 5.91 Å². The van der Waals surface area contributed by atoms with Crippen molar-refractivity contribution in [1.29, 1.82) is 0 Å². The van der Waals surface area contributed by atoms with E-state index in [-0.39, 0.29) is 12.5 Å². The highest BCUT2D eigenvalue weighted by Crippen LogP contribution is 2.17. The van der Waals surface area contributed by atoms with Gasteiger partial charge in [0, 0.05) is 6.42 Å². The minimum atomic E-state index is -0.832. The molecule has 344 valence electrons. The van der Waals surface area contributed by atoms with Gasteiger partial charge in [0.15, 0.2) is 0 Å². The Bertz CT molecular complexity index is 840. The van der Waals surface area contributed by atoms with Crippen molar-refractivity contribution in [3.63, 3.8) is 0 Å². The van der Waals surface area contributed by atoms with E-state index in [1.165, 1.54) is 250 Å². The van der Waals surface area contributed by atoms with Crippen molar-refractivity contribution in [3.8, 4) is 0 Å². The Morgan fingerprint density at radius 3 is 0.948 bits per heavy atom. The van der Waals surface area contributed by atoms with Gasteiger partial charge in [0.1, 0.15) is 0 Å². The van der Waals surface area contributed by atoms with E-state index >= 15 is 0 Å². The van der Waals surface area contributed by atoms with Crippen LogP contribution in [-0.4, -0.2) is 34.9 Å². The first-order chi connectivity index (χ1) is 28.7. The zero-order valence-corrected chi connectivity index (χ0v) is 39.6. The van der Waals surface area contributed by atoms with Gasteiger partial charge in [-0.15, -0.1) is 0 Å². The van der Waals surface area contributed by atoms with Crippen LogP contribution in [0.25, 0.3) is 0 Å². The summed E-state index contributed by atoms with van der Waals surface area (Å²) in [6.07, 6.45) is 66.6. The second kappa shape index (κ2) is 50.2. The van der Waals surface area contributed by atoms with Crippen molar-refractivity contribution in [2.24, 2.45) is 0 Å². The molecule has 0 saturated heterocycles. The number of carbonyl (C=O) groups excluding carboxylic acids is 1. The van der Waals surface area contributed by atoms with Gasteiger partial charge in [-0.05, 0) is 44.9 Å². The molecule has 1 amide bonds. The number of amides is 1. The van der Waals surface area contributed by atoms with Gasteiger partial charge >= 0.3 is 0 Å². The molecule has 3 N–H and O–H groups in total. The first-order valence-electron chi connectivity index (χ1n) is 26.6. The van der Waals surface area contributed by atoms with E-state index < -0.39 is 12.1 Å². The van der Waals surface area contributed by atoms with Gasteiger partial charge in [-0.3, -0.25) is 4.79 Å². The fourth-order valence-corrected chi connectivity index (χ4v) is 8.35. The summed E-state index contributed by atoms with van der Waals surface area (Å²) in [7, 11) is 0. The maximum absolute atomic E-state index is 12.3. The van der Waals surface area contributed by atoms with E-state index in [1.54, 1.807) is 6.08 Å². The molecule has 0 bridgehead atoms. The van der Waals surface area contributed by atoms with E-state index in [2.05, 4.69) is 31.3 Å². The van der Waals surface area contributed by atoms with Crippen LogP contribution >= 0.6 is 0 Å². The van der Waals surface area contributed by atoms with Crippen LogP contribution < -0.4 is 5.32 Å². The standard InChI is InChI=1S/C54H105NO3/c1-3-5-7-9-11-12-13-14-15-16-17-18-19-20-21-22-23-24-25-26-27-28-29-30-31-32-33-34-35-36-37-38-39-40-41-42-44-46-48-50-54(58)55-52(51-56)53(57)49-47-45-43-10-8-6-4-2/h16-17,47,49,52-53,56-57H,3-15,18-46,48,50-51H2,1-2H3,(H,55,58)/b17-16-,49-47+. The Labute approximate surface area is 364 Å². The molecule has 58 heavy (non-hydrogen) atoms. The summed E-state index contributed by atoms with van der Waals surface area (Å²) >= 11 is 0.